The van der Waals surface area contributed by atoms with Gasteiger partial charge in [-0.25, -0.2) is 4.98 Å². The maximum absolute atomic E-state index is 4.31. The number of hydrogen-bond acceptors (Lipinski definition) is 2. The molecule has 0 spiro atoms. The summed E-state index contributed by atoms with van der Waals surface area (Å²) in [6.45, 7) is 7.72. The largest absolute Gasteiger partial charge is 0.333 e. The average Bonchev–Trinajstić information content (AvgIpc) is 2.49. The van der Waals surface area contributed by atoms with E-state index in [-0.39, 0.29) is 0 Å². The molecule has 0 atom stereocenters. The Balaban J connectivity index is 2.15. The molecular weight excluding hydrogens is 150 g/mol. The van der Waals surface area contributed by atoms with E-state index in [0.717, 1.165) is 19.6 Å². The summed E-state index contributed by atoms with van der Waals surface area (Å²) in [6.07, 6.45) is 3.95. The van der Waals surface area contributed by atoms with Crippen LogP contribution in [0.2, 0.25) is 0 Å². The van der Waals surface area contributed by atoms with E-state index in [2.05, 4.69) is 34.5 Å². The van der Waals surface area contributed by atoms with E-state index in [4.69, 9.17) is 0 Å². The number of hydrogen-bond donors (Lipinski definition) is 0. The smallest absolute Gasteiger partial charge is 0.122 e. The van der Waals surface area contributed by atoms with E-state index in [0.29, 0.717) is 6.04 Å². The van der Waals surface area contributed by atoms with Gasteiger partial charge in [-0.3, -0.25) is 4.90 Å². The highest BCUT2D eigenvalue weighted by atomic mass is 15.2. The number of rotatable bonds is 1. The van der Waals surface area contributed by atoms with E-state index >= 15 is 0 Å². The maximum atomic E-state index is 4.31. The van der Waals surface area contributed by atoms with E-state index in [1.165, 1.54) is 5.82 Å². The van der Waals surface area contributed by atoms with Crippen molar-refractivity contribution in [3.8, 4) is 0 Å². The molecule has 0 amide bonds. The van der Waals surface area contributed by atoms with E-state index < -0.39 is 0 Å². The Bertz CT molecular complexity index is 264. The van der Waals surface area contributed by atoms with Crippen molar-refractivity contribution in [2.45, 2.75) is 33.0 Å². The zero-order valence-corrected chi connectivity index (χ0v) is 7.70. The first kappa shape index (κ1) is 7.80. The molecule has 0 unspecified atom stereocenters. The first-order valence-electron chi connectivity index (χ1n) is 4.51. The lowest BCUT2D eigenvalue weighted by atomic mass is 10.2. The quantitative estimate of drug-likeness (QED) is 0.621. The minimum atomic E-state index is 0.635. The standard InChI is InChI=1S/C9H15N3/c1-8(2)12-6-5-11-4-3-10-9(11)7-12/h3-4,8H,5-7H2,1-2H3. The van der Waals surface area contributed by atoms with Crippen molar-refractivity contribution in [2.24, 2.45) is 0 Å². The summed E-state index contributed by atoms with van der Waals surface area (Å²) in [7, 11) is 0. The Morgan fingerprint density at radius 1 is 1.42 bits per heavy atom. The van der Waals surface area contributed by atoms with Crippen molar-refractivity contribution in [1.82, 2.24) is 14.5 Å². The Morgan fingerprint density at radius 3 is 3.00 bits per heavy atom. The molecule has 0 radical (unpaired) electrons. The summed E-state index contributed by atoms with van der Waals surface area (Å²) in [5.74, 6) is 1.20. The molecule has 66 valence electrons. The molecule has 3 heteroatoms. The molecule has 2 heterocycles. The van der Waals surface area contributed by atoms with Crippen molar-refractivity contribution >= 4 is 0 Å². The van der Waals surface area contributed by atoms with Gasteiger partial charge in [0.25, 0.3) is 0 Å². The lowest BCUT2D eigenvalue weighted by Crippen LogP contribution is -2.38. The fraction of sp³-hybridized carbons (Fsp3) is 0.667. The molecule has 0 saturated carbocycles. The van der Waals surface area contributed by atoms with Crippen LogP contribution in [0.5, 0.6) is 0 Å². The second kappa shape index (κ2) is 2.90. The molecular formula is C9H15N3. The molecule has 0 aliphatic carbocycles. The minimum absolute atomic E-state index is 0.635. The normalized spacial score (nSPS) is 18.2. The van der Waals surface area contributed by atoms with Gasteiger partial charge in [-0.15, -0.1) is 0 Å². The second-order valence-corrected chi connectivity index (χ2v) is 3.60. The summed E-state index contributed by atoms with van der Waals surface area (Å²) in [5, 5.41) is 0. The van der Waals surface area contributed by atoms with E-state index in [1.807, 2.05) is 6.20 Å². The zero-order valence-electron chi connectivity index (χ0n) is 7.70. The highest BCUT2D eigenvalue weighted by Crippen LogP contribution is 2.12. The second-order valence-electron chi connectivity index (χ2n) is 3.60. The Hall–Kier alpha value is -0.830. The molecule has 1 aromatic rings. The van der Waals surface area contributed by atoms with Crippen LogP contribution in [0.25, 0.3) is 0 Å². The summed E-state index contributed by atoms with van der Waals surface area (Å²) in [6, 6.07) is 0.635. The average molecular weight is 165 g/mol. The predicted molar refractivity (Wildman–Crippen MR) is 47.8 cm³/mol. The SMILES string of the molecule is CC(C)N1CCn2ccnc2C1. The molecule has 0 fully saturated rings. The molecule has 12 heavy (non-hydrogen) atoms. The van der Waals surface area contributed by atoms with Gasteiger partial charge in [-0.2, -0.15) is 0 Å². The van der Waals surface area contributed by atoms with Gasteiger partial charge < -0.3 is 4.57 Å². The van der Waals surface area contributed by atoms with Gasteiger partial charge in [-0.1, -0.05) is 0 Å². The van der Waals surface area contributed by atoms with Crippen LogP contribution in [-0.2, 0) is 13.1 Å². The number of fused-ring (bicyclic) bond motifs is 1. The molecule has 1 aromatic heterocycles. The van der Waals surface area contributed by atoms with E-state index in [1.54, 1.807) is 0 Å². The molecule has 1 aliphatic rings. The van der Waals surface area contributed by atoms with Crippen LogP contribution in [-0.4, -0.2) is 27.0 Å². The zero-order chi connectivity index (χ0) is 8.55. The Kier molecular flexibility index (Phi) is 1.89. The molecule has 0 aromatic carbocycles. The van der Waals surface area contributed by atoms with Gasteiger partial charge in [0.1, 0.15) is 5.82 Å². The number of nitrogens with zero attached hydrogens (tertiary/aromatic N) is 3. The first-order valence-corrected chi connectivity index (χ1v) is 4.51. The molecule has 0 saturated heterocycles. The van der Waals surface area contributed by atoms with Gasteiger partial charge in [-0.05, 0) is 13.8 Å². The lowest BCUT2D eigenvalue weighted by molar-refractivity contribution is 0.173. The van der Waals surface area contributed by atoms with Gasteiger partial charge in [0.2, 0.25) is 0 Å². The van der Waals surface area contributed by atoms with Crippen molar-refractivity contribution < 1.29 is 0 Å². The van der Waals surface area contributed by atoms with Crippen molar-refractivity contribution in [3.05, 3.63) is 18.2 Å². The van der Waals surface area contributed by atoms with Crippen LogP contribution in [0.3, 0.4) is 0 Å². The van der Waals surface area contributed by atoms with Gasteiger partial charge >= 0.3 is 0 Å². The maximum Gasteiger partial charge on any atom is 0.122 e. The number of imidazole rings is 1. The van der Waals surface area contributed by atoms with Gasteiger partial charge in [0.15, 0.2) is 0 Å². The fourth-order valence-electron chi connectivity index (χ4n) is 1.63. The third-order valence-electron chi connectivity index (χ3n) is 2.50. The van der Waals surface area contributed by atoms with Crippen LogP contribution >= 0.6 is 0 Å². The van der Waals surface area contributed by atoms with Crippen molar-refractivity contribution in [1.29, 1.82) is 0 Å². The fourth-order valence-corrected chi connectivity index (χ4v) is 1.63. The van der Waals surface area contributed by atoms with Crippen molar-refractivity contribution in [2.75, 3.05) is 6.54 Å². The predicted octanol–water partition coefficient (Wildman–Crippen LogP) is 1.11. The third kappa shape index (κ3) is 1.25. The highest BCUT2D eigenvalue weighted by molar-refractivity contribution is 4.95. The third-order valence-corrected chi connectivity index (χ3v) is 2.50. The van der Waals surface area contributed by atoms with Crippen LogP contribution in [0.4, 0.5) is 0 Å². The minimum Gasteiger partial charge on any atom is -0.333 e. The summed E-state index contributed by atoms with van der Waals surface area (Å²) >= 11 is 0. The lowest BCUT2D eigenvalue weighted by Gasteiger charge is -2.30. The Morgan fingerprint density at radius 2 is 2.25 bits per heavy atom. The highest BCUT2D eigenvalue weighted by Gasteiger charge is 2.17. The monoisotopic (exact) mass is 165 g/mol. The molecule has 3 nitrogen and oxygen atoms in total. The van der Waals surface area contributed by atoms with E-state index in [9.17, 15) is 0 Å². The van der Waals surface area contributed by atoms with Crippen molar-refractivity contribution in [3.63, 3.8) is 0 Å². The topological polar surface area (TPSA) is 21.1 Å². The first-order chi connectivity index (χ1) is 5.77. The van der Waals surface area contributed by atoms with Gasteiger partial charge in [0, 0.05) is 31.5 Å². The Labute approximate surface area is 73.0 Å². The number of aromatic nitrogens is 2. The molecule has 0 bridgehead atoms. The molecule has 2 rings (SSSR count). The summed E-state index contributed by atoms with van der Waals surface area (Å²) < 4.78 is 2.24. The summed E-state index contributed by atoms with van der Waals surface area (Å²) in [4.78, 5) is 6.76. The molecule has 0 N–H and O–H groups in total. The molecule has 1 aliphatic heterocycles. The van der Waals surface area contributed by atoms with Crippen LogP contribution in [0.15, 0.2) is 12.4 Å². The van der Waals surface area contributed by atoms with Gasteiger partial charge in [0.05, 0.1) is 6.54 Å². The van der Waals surface area contributed by atoms with Crippen LogP contribution < -0.4 is 0 Å². The summed E-state index contributed by atoms with van der Waals surface area (Å²) in [5.41, 5.74) is 0. The van der Waals surface area contributed by atoms with Crippen LogP contribution in [0, 0.1) is 0 Å². The van der Waals surface area contributed by atoms with Crippen LogP contribution in [0.1, 0.15) is 19.7 Å².